The molecule has 0 aliphatic rings. The van der Waals surface area contributed by atoms with Gasteiger partial charge in [0.05, 0.1) is 11.2 Å². The Balaban J connectivity index is 2.03. The number of fused-ring (bicyclic) bond motifs is 1. The molecule has 0 aliphatic heterocycles. The molecule has 0 fully saturated rings. The molecule has 1 heterocycles. The Labute approximate surface area is 158 Å². The third-order valence-electron chi connectivity index (χ3n) is 4.65. The van der Waals surface area contributed by atoms with Gasteiger partial charge in [0.1, 0.15) is 0 Å². The SMILES string of the molecule is Cc1ccc(-c2nc(-c3c(C)cc(Cl)cc3C)nc3ccccc23)cc1. The molecule has 2 nitrogen and oxygen atoms in total. The Morgan fingerprint density at radius 1 is 0.769 bits per heavy atom. The summed E-state index contributed by atoms with van der Waals surface area (Å²) < 4.78 is 0. The van der Waals surface area contributed by atoms with Gasteiger partial charge in [0.25, 0.3) is 0 Å². The highest BCUT2D eigenvalue weighted by Crippen LogP contribution is 2.32. The summed E-state index contributed by atoms with van der Waals surface area (Å²) >= 11 is 6.21. The number of benzene rings is 3. The van der Waals surface area contributed by atoms with E-state index in [2.05, 4.69) is 51.1 Å². The van der Waals surface area contributed by atoms with Crippen molar-refractivity contribution in [2.45, 2.75) is 20.8 Å². The third-order valence-corrected chi connectivity index (χ3v) is 4.87. The molecule has 0 atom stereocenters. The summed E-state index contributed by atoms with van der Waals surface area (Å²) in [6.45, 7) is 6.20. The van der Waals surface area contributed by atoms with E-state index in [1.165, 1.54) is 5.56 Å². The van der Waals surface area contributed by atoms with Crippen molar-refractivity contribution in [3.8, 4) is 22.6 Å². The molecule has 3 aromatic carbocycles. The number of rotatable bonds is 2. The van der Waals surface area contributed by atoms with E-state index in [0.29, 0.717) is 0 Å². The molecule has 0 spiro atoms. The monoisotopic (exact) mass is 358 g/mol. The van der Waals surface area contributed by atoms with Crippen LogP contribution in [0.2, 0.25) is 5.02 Å². The first kappa shape index (κ1) is 16.7. The molecule has 0 radical (unpaired) electrons. The number of halogens is 1. The largest absolute Gasteiger partial charge is 0.228 e. The van der Waals surface area contributed by atoms with Crippen LogP contribution in [-0.4, -0.2) is 9.97 Å². The zero-order valence-corrected chi connectivity index (χ0v) is 15.8. The smallest absolute Gasteiger partial charge is 0.160 e. The lowest BCUT2D eigenvalue weighted by molar-refractivity contribution is 1.20. The van der Waals surface area contributed by atoms with Gasteiger partial charge >= 0.3 is 0 Å². The Morgan fingerprint density at radius 2 is 1.42 bits per heavy atom. The van der Waals surface area contributed by atoms with E-state index in [1.54, 1.807) is 0 Å². The zero-order chi connectivity index (χ0) is 18.3. The van der Waals surface area contributed by atoms with Gasteiger partial charge in [0.15, 0.2) is 5.82 Å². The second-order valence-electron chi connectivity index (χ2n) is 6.69. The highest BCUT2D eigenvalue weighted by molar-refractivity contribution is 6.30. The fourth-order valence-corrected chi connectivity index (χ4v) is 3.71. The minimum absolute atomic E-state index is 0.739. The highest BCUT2D eigenvalue weighted by atomic mass is 35.5. The van der Waals surface area contributed by atoms with Crippen LogP contribution >= 0.6 is 11.6 Å². The van der Waals surface area contributed by atoms with E-state index in [-0.39, 0.29) is 0 Å². The molecule has 0 bridgehead atoms. The molecule has 4 aromatic rings. The topological polar surface area (TPSA) is 25.8 Å². The van der Waals surface area contributed by atoms with Gasteiger partial charge in [-0.3, -0.25) is 0 Å². The molecule has 0 saturated heterocycles. The van der Waals surface area contributed by atoms with Crippen LogP contribution in [0.3, 0.4) is 0 Å². The van der Waals surface area contributed by atoms with E-state index in [1.807, 2.05) is 30.3 Å². The van der Waals surface area contributed by atoms with Crippen LogP contribution < -0.4 is 0 Å². The third kappa shape index (κ3) is 2.97. The van der Waals surface area contributed by atoms with Gasteiger partial charge in [-0.15, -0.1) is 0 Å². The number of para-hydroxylation sites is 1. The molecular formula is C23H19ClN2. The molecule has 0 saturated carbocycles. The van der Waals surface area contributed by atoms with E-state index in [4.69, 9.17) is 21.6 Å². The van der Waals surface area contributed by atoms with Crippen molar-refractivity contribution in [1.82, 2.24) is 9.97 Å². The van der Waals surface area contributed by atoms with Gasteiger partial charge in [-0.05, 0) is 50.1 Å². The summed E-state index contributed by atoms with van der Waals surface area (Å²) in [4.78, 5) is 9.81. The molecule has 128 valence electrons. The Morgan fingerprint density at radius 3 is 2.12 bits per heavy atom. The van der Waals surface area contributed by atoms with Crippen LogP contribution in [0.1, 0.15) is 16.7 Å². The van der Waals surface area contributed by atoms with Crippen LogP contribution in [-0.2, 0) is 0 Å². The molecule has 3 heteroatoms. The highest BCUT2D eigenvalue weighted by Gasteiger charge is 2.15. The predicted molar refractivity (Wildman–Crippen MR) is 110 cm³/mol. The predicted octanol–water partition coefficient (Wildman–Crippen LogP) is 6.54. The molecule has 0 N–H and O–H groups in total. The van der Waals surface area contributed by atoms with Crippen molar-refractivity contribution in [3.05, 3.63) is 82.4 Å². The minimum Gasteiger partial charge on any atom is -0.228 e. The second kappa shape index (κ2) is 6.54. The van der Waals surface area contributed by atoms with Crippen LogP contribution in [0.5, 0.6) is 0 Å². The molecule has 1 aromatic heterocycles. The minimum atomic E-state index is 0.739. The molecule has 26 heavy (non-hydrogen) atoms. The van der Waals surface area contributed by atoms with E-state index in [0.717, 1.165) is 49.7 Å². The first-order valence-corrected chi connectivity index (χ1v) is 9.01. The average molecular weight is 359 g/mol. The van der Waals surface area contributed by atoms with E-state index >= 15 is 0 Å². The second-order valence-corrected chi connectivity index (χ2v) is 7.13. The molecule has 0 amide bonds. The van der Waals surface area contributed by atoms with Gasteiger partial charge in [-0.1, -0.05) is 59.6 Å². The lowest BCUT2D eigenvalue weighted by atomic mass is 10.0. The van der Waals surface area contributed by atoms with Crippen molar-refractivity contribution >= 4 is 22.5 Å². The number of aryl methyl sites for hydroxylation is 3. The summed E-state index contributed by atoms with van der Waals surface area (Å²) in [5, 5.41) is 1.80. The van der Waals surface area contributed by atoms with Crippen LogP contribution in [0.15, 0.2) is 60.7 Å². The standard InChI is InChI=1S/C23H19ClN2/c1-14-8-10-17(11-9-14)22-19-6-4-5-7-20(19)25-23(26-22)21-15(2)12-18(24)13-16(21)3/h4-13H,1-3H3. The van der Waals surface area contributed by atoms with Crippen LogP contribution in [0.4, 0.5) is 0 Å². The lowest BCUT2D eigenvalue weighted by Gasteiger charge is -2.13. The summed E-state index contributed by atoms with van der Waals surface area (Å²) in [6.07, 6.45) is 0. The van der Waals surface area contributed by atoms with Crippen molar-refractivity contribution in [1.29, 1.82) is 0 Å². The maximum absolute atomic E-state index is 6.21. The fraction of sp³-hybridized carbons (Fsp3) is 0.130. The Kier molecular flexibility index (Phi) is 4.21. The van der Waals surface area contributed by atoms with Gasteiger partial charge in [0.2, 0.25) is 0 Å². The van der Waals surface area contributed by atoms with Crippen LogP contribution in [0.25, 0.3) is 33.5 Å². The normalized spacial score (nSPS) is 11.1. The summed E-state index contributed by atoms with van der Waals surface area (Å²) in [5.41, 5.74) is 7.45. The first-order valence-electron chi connectivity index (χ1n) is 8.64. The quantitative estimate of drug-likeness (QED) is 0.406. The number of nitrogens with zero attached hydrogens (tertiary/aromatic N) is 2. The maximum atomic E-state index is 6.21. The summed E-state index contributed by atoms with van der Waals surface area (Å²) in [7, 11) is 0. The van der Waals surface area contributed by atoms with Gasteiger partial charge in [-0.25, -0.2) is 9.97 Å². The summed E-state index contributed by atoms with van der Waals surface area (Å²) in [5.74, 6) is 0.742. The van der Waals surface area contributed by atoms with Crippen molar-refractivity contribution in [3.63, 3.8) is 0 Å². The molecule has 0 unspecified atom stereocenters. The lowest BCUT2D eigenvalue weighted by Crippen LogP contribution is -1.98. The average Bonchev–Trinajstić information content (AvgIpc) is 2.61. The van der Waals surface area contributed by atoms with Crippen molar-refractivity contribution in [2.75, 3.05) is 0 Å². The number of hydrogen-bond donors (Lipinski definition) is 0. The van der Waals surface area contributed by atoms with E-state index < -0.39 is 0 Å². The Hall–Kier alpha value is -2.71. The first-order chi connectivity index (χ1) is 12.5. The van der Waals surface area contributed by atoms with Crippen molar-refractivity contribution in [2.24, 2.45) is 0 Å². The number of aromatic nitrogens is 2. The van der Waals surface area contributed by atoms with Gasteiger partial charge in [0, 0.05) is 21.5 Å². The van der Waals surface area contributed by atoms with Crippen molar-refractivity contribution < 1.29 is 0 Å². The number of hydrogen-bond acceptors (Lipinski definition) is 2. The van der Waals surface area contributed by atoms with Gasteiger partial charge in [-0.2, -0.15) is 0 Å². The zero-order valence-electron chi connectivity index (χ0n) is 15.0. The molecule has 4 rings (SSSR count). The van der Waals surface area contributed by atoms with Crippen LogP contribution in [0, 0.1) is 20.8 Å². The summed E-state index contributed by atoms with van der Waals surface area (Å²) in [6, 6.07) is 20.6. The molecular weight excluding hydrogens is 340 g/mol. The van der Waals surface area contributed by atoms with Gasteiger partial charge < -0.3 is 0 Å². The maximum Gasteiger partial charge on any atom is 0.160 e. The molecule has 0 aliphatic carbocycles. The Bertz CT molecular complexity index is 1090. The van der Waals surface area contributed by atoms with E-state index in [9.17, 15) is 0 Å². The fourth-order valence-electron chi connectivity index (χ4n) is 3.38.